The van der Waals surface area contributed by atoms with Gasteiger partial charge in [-0.2, -0.15) is 0 Å². The molecule has 0 fully saturated rings. The van der Waals surface area contributed by atoms with Gasteiger partial charge in [-0.15, -0.1) is 0 Å². The van der Waals surface area contributed by atoms with E-state index < -0.39 is 12.2 Å². The van der Waals surface area contributed by atoms with Gasteiger partial charge < -0.3 is 19.3 Å². The van der Waals surface area contributed by atoms with Gasteiger partial charge in [0.05, 0.1) is 6.10 Å². The van der Waals surface area contributed by atoms with Crippen LogP contribution < -0.4 is 9.47 Å². The van der Waals surface area contributed by atoms with Gasteiger partial charge in [-0.25, -0.2) is 0 Å². The highest BCUT2D eigenvalue weighted by Crippen LogP contribution is 2.30. The van der Waals surface area contributed by atoms with E-state index in [0.29, 0.717) is 31.0 Å². The molecule has 1 aliphatic rings. The average molecular weight is 439 g/mol. The van der Waals surface area contributed by atoms with Crippen LogP contribution in [0.15, 0.2) is 71.6 Å². The molecular weight excluding hydrogens is 404 g/mol. The van der Waals surface area contributed by atoms with Gasteiger partial charge in [-0.1, -0.05) is 23.8 Å². The first-order valence-corrected chi connectivity index (χ1v) is 10.8. The van der Waals surface area contributed by atoms with Gasteiger partial charge in [-0.3, -0.25) is 4.79 Å². The summed E-state index contributed by atoms with van der Waals surface area (Å²) in [4.78, 5) is 11.6. The monoisotopic (exact) mass is 438 g/mol. The molecule has 2 atom stereocenters. The number of aliphatic hydroxyl groups is 1. The number of rotatable bonds is 10. The van der Waals surface area contributed by atoms with Crippen LogP contribution in [0, 0.1) is 0 Å². The van der Waals surface area contributed by atoms with E-state index in [1.54, 1.807) is 0 Å². The Kier molecular flexibility index (Phi) is 9.54. The normalized spacial score (nSPS) is 15.4. The summed E-state index contributed by atoms with van der Waals surface area (Å²) in [6, 6.07) is 5.68. The minimum Gasteiger partial charge on any atom is -0.489 e. The average Bonchev–Trinajstić information content (AvgIpc) is 2.71. The molecule has 0 saturated heterocycles. The molecule has 1 aromatic rings. The number of aliphatic hydroxyl groups excluding tert-OH is 1. The molecule has 1 aromatic carbocycles. The lowest BCUT2D eigenvalue weighted by molar-refractivity contribution is -0.144. The molecule has 2 unspecified atom stereocenters. The van der Waals surface area contributed by atoms with Crippen molar-refractivity contribution >= 4 is 12.0 Å². The number of hydrogen-bond acceptors (Lipinski definition) is 5. The zero-order valence-electron chi connectivity index (χ0n) is 19.7. The molecule has 0 aromatic heterocycles. The first-order valence-electron chi connectivity index (χ1n) is 10.8. The third-order valence-electron chi connectivity index (χ3n) is 4.92. The highest BCUT2D eigenvalue weighted by molar-refractivity contribution is 5.66. The first kappa shape index (κ1) is 25.2. The number of esters is 1. The van der Waals surface area contributed by atoms with Crippen molar-refractivity contribution in [2.45, 2.75) is 59.7 Å². The Morgan fingerprint density at radius 3 is 2.59 bits per heavy atom. The Hall–Kier alpha value is -3.05. The number of fused-ring (bicyclic) bond motifs is 1. The van der Waals surface area contributed by atoms with Gasteiger partial charge in [0.25, 0.3) is 0 Å². The fraction of sp³-hybridized carbons (Fsp3) is 0.370. The Morgan fingerprint density at radius 1 is 1.16 bits per heavy atom. The summed E-state index contributed by atoms with van der Waals surface area (Å²) in [5.41, 5.74) is 3.93. The van der Waals surface area contributed by atoms with Gasteiger partial charge >= 0.3 is 5.97 Å². The molecule has 0 radical (unpaired) electrons. The summed E-state index contributed by atoms with van der Waals surface area (Å²) >= 11 is 0. The predicted molar refractivity (Wildman–Crippen MR) is 128 cm³/mol. The van der Waals surface area contributed by atoms with E-state index in [0.717, 1.165) is 28.0 Å². The lowest BCUT2D eigenvalue weighted by Crippen LogP contribution is -2.17. The van der Waals surface area contributed by atoms with E-state index in [1.165, 1.54) is 6.92 Å². The number of carbonyl (C=O) groups is 1. The smallest absolute Gasteiger partial charge is 0.303 e. The number of allylic oxidation sites excluding steroid dienone is 2. The predicted octanol–water partition coefficient (Wildman–Crippen LogP) is 5.92. The van der Waals surface area contributed by atoms with Crippen molar-refractivity contribution < 1.29 is 24.1 Å². The molecular formula is C27H34O5. The summed E-state index contributed by atoms with van der Waals surface area (Å²) in [7, 11) is 0. The molecule has 1 heterocycles. The van der Waals surface area contributed by atoms with Crippen LogP contribution in [0.4, 0.5) is 0 Å². The number of hydrogen-bond donors (Lipinski definition) is 1. The maximum Gasteiger partial charge on any atom is 0.303 e. The van der Waals surface area contributed by atoms with E-state index in [2.05, 4.69) is 6.58 Å². The lowest BCUT2D eigenvalue weighted by atomic mass is 10.0. The largest absolute Gasteiger partial charge is 0.489 e. The number of ether oxygens (including phenoxy) is 3. The maximum absolute atomic E-state index is 11.6. The van der Waals surface area contributed by atoms with Crippen molar-refractivity contribution in [1.29, 1.82) is 0 Å². The molecule has 0 saturated carbocycles. The van der Waals surface area contributed by atoms with Crippen LogP contribution in [0.5, 0.6) is 11.5 Å². The number of benzene rings is 1. The van der Waals surface area contributed by atoms with E-state index in [9.17, 15) is 9.90 Å². The van der Waals surface area contributed by atoms with E-state index in [1.807, 2.05) is 76.3 Å². The zero-order chi connectivity index (χ0) is 23.7. The topological polar surface area (TPSA) is 65.0 Å². The summed E-state index contributed by atoms with van der Waals surface area (Å²) < 4.78 is 16.9. The number of carbonyl (C=O) groups excluding carboxylic acids is 1. The summed E-state index contributed by atoms with van der Waals surface area (Å²) in [5.74, 6) is 1.66. The Balaban J connectivity index is 1.98. The molecule has 0 bridgehead atoms. The van der Waals surface area contributed by atoms with Crippen molar-refractivity contribution in [3.05, 3.63) is 77.1 Å². The van der Waals surface area contributed by atoms with Crippen molar-refractivity contribution in [2.24, 2.45) is 0 Å². The lowest BCUT2D eigenvalue weighted by Gasteiger charge is -2.17. The maximum atomic E-state index is 11.6. The van der Waals surface area contributed by atoms with E-state index in [4.69, 9.17) is 14.2 Å². The van der Waals surface area contributed by atoms with Gasteiger partial charge in [0.1, 0.15) is 30.0 Å². The third-order valence-corrected chi connectivity index (χ3v) is 4.92. The zero-order valence-corrected chi connectivity index (χ0v) is 19.7. The third kappa shape index (κ3) is 8.60. The fourth-order valence-corrected chi connectivity index (χ4v) is 3.15. The van der Waals surface area contributed by atoms with Gasteiger partial charge in [0.2, 0.25) is 0 Å². The molecule has 32 heavy (non-hydrogen) atoms. The Bertz CT molecular complexity index is 945. The van der Waals surface area contributed by atoms with Crippen LogP contribution in [-0.4, -0.2) is 29.9 Å². The minimum absolute atomic E-state index is 0.355. The second kappa shape index (κ2) is 12.1. The van der Waals surface area contributed by atoms with Crippen molar-refractivity contribution in [3.8, 4) is 11.5 Å². The molecule has 0 amide bonds. The molecule has 172 valence electrons. The summed E-state index contributed by atoms with van der Waals surface area (Å²) in [5, 5.41) is 10.3. The van der Waals surface area contributed by atoms with E-state index in [-0.39, 0.29) is 5.97 Å². The molecule has 0 aliphatic carbocycles. The quantitative estimate of drug-likeness (QED) is 0.363. The molecule has 1 aliphatic heterocycles. The molecule has 0 spiro atoms. The van der Waals surface area contributed by atoms with Crippen LogP contribution in [0.3, 0.4) is 0 Å². The van der Waals surface area contributed by atoms with Gasteiger partial charge in [0, 0.05) is 25.0 Å². The van der Waals surface area contributed by atoms with Crippen LogP contribution >= 0.6 is 0 Å². The van der Waals surface area contributed by atoms with Crippen molar-refractivity contribution in [2.75, 3.05) is 6.61 Å². The second-order valence-corrected chi connectivity index (χ2v) is 8.26. The molecule has 5 heteroatoms. The Morgan fingerprint density at radius 2 is 1.91 bits per heavy atom. The Labute approximate surface area is 191 Å². The SMILES string of the molecule is C=C1C=Cc2ccc(OC/C=C(\C)CC(/C=C(\C)C(O)CC=C(C)C)OC(C)=O)cc2O1. The van der Waals surface area contributed by atoms with Crippen LogP contribution in [0.2, 0.25) is 0 Å². The van der Waals surface area contributed by atoms with Crippen LogP contribution in [0.1, 0.15) is 53.0 Å². The van der Waals surface area contributed by atoms with Gasteiger partial charge in [0.15, 0.2) is 0 Å². The van der Waals surface area contributed by atoms with Crippen molar-refractivity contribution in [3.63, 3.8) is 0 Å². The van der Waals surface area contributed by atoms with Crippen LogP contribution in [-0.2, 0) is 9.53 Å². The molecule has 5 nitrogen and oxygen atoms in total. The second-order valence-electron chi connectivity index (χ2n) is 8.26. The summed E-state index contributed by atoms with van der Waals surface area (Å²) in [6.45, 7) is 13.4. The standard InChI is InChI=1S/C27H34O5/c1-18(2)7-12-26(29)20(4)16-25(32-22(6)28)15-19(3)13-14-30-24-11-10-23-9-8-21(5)31-27(23)17-24/h7-11,13,16-17,25-26,29H,5,12,14-15H2,1-4,6H3/b19-13+,20-16+. The molecule has 2 rings (SSSR count). The summed E-state index contributed by atoms with van der Waals surface area (Å²) in [6.07, 6.45) is 9.56. The molecule has 1 N–H and O–H groups in total. The minimum atomic E-state index is -0.604. The fourth-order valence-electron chi connectivity index (χ4n) is 3.15. The van der Waals surface area contributed by atoms with Gasteiger partial charge in [-0.05, 0) is 76.1 Å². The van der Waals surface area contributed by atoms with E-state index >= 15 is 0 Å². The highest BCUT2D eigenvalue weighted by atomic mass is 16.5. The first-order chi connectivity index (χ1) is 15.1. The van der Waals surface area contributed by atoms with Crippen LogP contribution in [0.25, 0.3) is 6.08 Å². The van der Waals surface area contributed by atoms with Crippen molar-refractivity contribution in [1.82, 2.24) is 0 Å². The highest BCUT2D eigenvalue weighted by Gasteiger charge is 2.14.